The van der Waals surface area contributed by atoms with Gasteiger partial charge >= 0.3 is 0 Å². The number of nitrogens with two attached hydrogens (primary N) is 1. The molecule has 0 aromatic carbocycles. The second-order valence-electron chi connectivity index (χ2n) is 3.66. The SMILES string of the molecule is CC.CC(C)C(=O)C(N)CC(=O)N(C)C. The van der Waals surface area contributed by atoms with Gasteiger partial charge in [0.2, 0.25) is 5.91 Å². The van der Waals surface area contributed by atoms with Crippen LogP contribution in [0.15, 0.2) is 0 Å². The lowest BCUT2D eigenvalue weighted by Crippen LogP contribution is -2.38. The largest absolute Gasteiger partial charge is 0.349 e. The van der Waals surface area contributed by atoms with E-state index in [1.54, 1.807) is 27.9 Å². The van der Waals surface area contributed by atoms with Gasteiger partial charge in [-0.1, -0.05) is 27.7 Å². The van der Waals surface area contributed by atoms with Gasteiger partial charge in [-0.2, -0.15) is 0 Å². The molecule has 0 radical (unpaired) electrons. The molecule has 0 heterocycles. The normalized spacial score (nSPS) is 11.5. The average molecular weight is 216 g/mol. The summed E-state index contributed by atoms with van der Waals surface area (Å²) in [7, 11) is 3.30. The second-order valence-corrected chi connectivity index (χ2v) is 3.66. The fourth-order valence-electron chi connectivity index (χ4n) is 0.899. The third kappa shape index (κ3) is 7.08. The molecule has 0 spiro atoms. The Bertz CT molecular complexity index is 201. The van der Waals surface area contributed by atoms with Crippen molar-refractivity contribution >= 4 is 11.7 Å². The van der Waals surface area contributed by atoms with Crippen molar-refractivity contribution < 1.29 is 9.59 Å². The average Bonchev–Trinajstić information content (AvgIpc) is 2.19. The summed E-state index contributed by atoms with van der Waals surface area (Å²) in [5.74, 6) is -0.276. The Morgan fingerprint density at radius 3 is 1.87 bits per heavy atom. The third-order valence-electron chi connectivity index (χ3n) is 1.83. The number of nitrogens with zero attached hydrogens (tertiary/aromatic N) is 1. The number of rotatable bonds is 4. The Kier molecular flexibility index (Phi) is 9.27. The van der Waals surface area contributed by atoms with Crippen molar-refractivity contribution in [1.82, 2.24) is 4.90 Å². The molecule has 15 heavy (non-hydrogen) atoms. The maximum atomic E-state index is 11.3. The maximum absolute atomic E-state index is 11.3. The molecule has 0 saturated heterocycles. The van der Waals surface area contributed by atoms with E-state index in [2.05, 4.69) is 0 Å². The first kappa shape index (κ1) is 16.5. The highest BCUT2D eigenvalue weighted by molar-refractivity contribution is 5.90. The highest BCUT2D eigenvalue weighted by Gasteiger charge is 2.20. The Balaban J connectivity index is 0. The molecule has 1 unspecified atom stereocenters. The molecule has 0 bridgehead atoms. The lowest BCUT2D eigenvalue weighted by Gasteiger charge is -2.15. The van der Waals surface area contributed by atoms with Crippen molar-refractivity contribution in [3.05, 3.63) is 0 Å². The van der Waals surface area contributed by atoms with Crippen LogP contribution in [0.3, 0.4) is 0 Å². The molecule has 1 atom stereocenters. The van der Waals surface area contributed by atoms with Crippen LogP contribution in [0.2, 0.25) is 0 Å². The van der Waals surface area contributed by atoms with Crippen LogP contribution in [-0.4, -0.2) is 36.7 Å². The van der Waals surface area contributed by atoms with Crippen molar-refractivity contribution in [2.75, 3.05) is 14.1 Å². The highest BCUT2D eigenvalue weighted by atomic mass is 16.2. The van der Waals surface area contributed by atoms with Crippen molar-refractivity contribution in [2.45, 2.75) is 40.2 Å². The zero-order valence-corrected chi connectivity index (χ0v) is 10.7. The standard InChI is InChI=1S/C9H18N2O2.C2H6/c1-6(2)9(13)7(10)5-8(12)11(3)4;1-2/h6-7H,5,10H2,1-4H3;1-2H3. The first-order valence-electron chi connectivity index (χ1n) is 5.35. The number of Topliss-reactive ketones (excluding diaryl/α,β-unsaturated/α-hetero) is 1. The van der Waals surface area contributed by atoms with Crippen LogP contribution in [0.5, 0.6) is 0 Å². The first-order valence-corrected chi connectivity index (χ1v) is 5.35. The molecule has 0 rings (SSSR count). The van der Waals surface area contributed by atoms with Gasteiger partial charge in [-0.05, 0) is 0 Å². The molecule has 0 aliphatic carbocycles. The minimum atomic E-state index is -0.658. The van der Waals surface area contributed by atoms with E-state index in [4.69, 9.17) is 5.73 Å². The molecule has 0 fully saturated rings. The van der Waals surface area contributed by atoms with Crippen molar-refractivity contribution in [3.63, 3.8) is 0 Å². The molecule has 0 aliphatic rings. The van der Waals surface area contributed by atoms with E-state index in [1.807, 2.05) is 13.8 Å². The molecule has 90 valence electrons. The number of hydrogen-bond donors (Lipinski definition) is 1. The van der Waals surface area contributed by atoms with E-state index in [1.165, 1.54) is 4.90 Å². The van der Waals surface area contributed by atoms with Gasteiger partial charge < -0.3 is 10.6 Å². The monoisotopic (exact) mass is 216 g/mol. The van der Waals surface area contributed by atoms with Gasteiger partial charge in [0.15, 0.2) is 5.78 Å². The van der Waals surface area contributed by atoms with Gasteiger partial charge in [-0.25, -0.2) is 0 Å². The summed E-state index contributed by atoms with van der Waals surface area (Å²) in [6, 6.07) is -0.658. The molecule has 0 aromatic heterocycles. The van der Waals surface area contributed by atoms with Crippen LogP contribution >= 0.6 is 0 Å². The predicted molar refractivity (Wildman–Crippen MR) is 62.5 cm³/mol. The fraction of sp³-hybridized carbons (Fsp3) is 0.818. The van der Waals surface area contributed by atoms with Gasteiger partial charge in [-0.15, -0.1) is 0 Å². The lowest BCUT2D eigenvalue weighted by molar-refractivity contribution is -0.132. The summed E-state index contributed by atoms with van der Waals surface area (Å²) in [5.41, 5.74) is 5.56. The van der Waals surface area contributed by atoms with Gasteiger partial charge in [0.25, 0.3) is 0 Å². The maximum Gasteiger partial charge on any atom is 0.224 e. The summed E-state index contributed by atoms with van der Waals surface area (Å²) in [4.78, 5) is 23.9. The topological polar surface area (TPSA) is 63.4 Å². The number of ketones is 1. The molecule has 0 saturated carbocycles. The highest BCUT2D eigenvalue weighted by Crippen LogP contribution is 2.02. The Morgan fingerprint density at radius 2 is 1.60 bits per heavy atom. The van der Waals surface area contributed by atoms with E-state index in [0.29, 0.717) is 0 Å². The van der Waals surface area contributed by atoms with E-state index < -0.39 is 6.04 Å². The third-order valence-corrected chi connectivity index (χ3v) is 1.83. The second kappa shape index (κ2) is 8.41. The molecule has 2 N–H and O–H groups in total. The number of hydrogen-bond acceptors (Lipinski definition) is 3. The van der Waals surface area contributed by atoms with E-state index in [9.17, 15) is 9.59 Å². The number of carbonyl (C=O) groups is 2. The molecule has 1 amide bonds. The van der Waals surface area contributed by atoms with Crippen LogP contribution in [-0.2, 0) is 9.59 Å². The predicted octanol–water partition coefficient (Wildman–Crippen LogP) is 1.04. The lowest BCUT2D eigenvalue weighted by atomic mass is 10.00. The van der Waals surface area contributed by atoms with Gasteiger partial charge in [0.1, 0.15) is 0 Å². The number of carbonyl (C=O) groups excluding carboxylic acids is 2. The van der Waals surface area contributed by atoms with Crippen molar-refractivity contribution in [2.24, 2.45) is 11.7 Å². The number of amides is 1. The minimum absolute atomic E-state index is 0.0600. The molecular formula is C11H24N2O2. The quantitative estimate of drug-likeness (QED) is 0.763. The van der Waals surface area contributed by atoms with Crippen LogP contribution in [0.4, 0.5) is 0 Å². The van der Waals surface area contributed by atoms with Gasteiger partial charge in [0, 0.05) is 26.4 Å². The van der Waals surface area contributed by atoms with E-state index in [-0.39, 0.29) is 24.0 Å². The smallest absolute Gasteiger partial charge is 0.224 e. The first-order chi connectivity index (χ1) is 6.86. The summed E-state index contributed by atoms with van der Waals surface area (Å²) < 4.78 is 0. The molecule has 4 heteroatoms. The van der Waals surface area contributed by atoms with Crippen molar-refractivity contribution in [3.8, 4) is 0 Å². The Morgan fingerprint density at radius 1 is 1.20 bits per heavy atom. The molecule has 0 aliphatic heterocycles. The van der Waals surface area contributed by atoms with Gasteiger partial charge in [-0.3, -0.25) is 9.59 Å². The van der Waals surface area contributed by atoms with Crippen molar-refractivity contribution in [1.29, 1.82) is 0 Å². The molecular weight excluding hydrogens is 192 g/mol. The summed E-state index contributed by atoms with van der Waals surface area (Å²) in [5, 5.41) is 0. The van der Waals surface area contributed by atoms with E-state index >= 15 is 0 Å². The zero-order valence-electron chi connectivity index (χ0n) is 10.7. The van der Waals surface area contributed by atoms with Gasteiger partial charge in [0.05, 0.1) is 6.04 Å². The Labute approximate surface area is 92.8 Å². The van der Waals surface area contributed by atoms with Crippen LogP contribution in [0.1, 0.15) is 34.1 Å². The van der Waals surface area contributed by atoms with Crippen LogP contribution in [0, 0.1) is 5.92 Å². The summed E-state index contributed by atoms with van der Waals surface area (Å²) in [6.07, 6.45) is 0.101. The molecule has 0 aromatic rings. The van der Waals surface area contributed by atoms with Crippen LogP contribution in [0.25, 0.3) is 0 Å². The molecule has 4 nitrogen and oxygen atoms in total. The summed E-state index contributed by atoms with van der Waals surface area (Å²) in [6.45, 7) is 7.56. The summed E-state index contributed by atoms with van der Waals surface area (Å²) >= 11 is 0. The minimum Gasteiger partial charge on any atom is -0.349 e. The zero-order chi connectivity index (χ0) is 12.6. The van der Waals surface area contributed by atoms with E-state index in [0.717, 1.165) is 0 Å². The fourth-order valence-corrected chi connectivity index (χ4v) is 0.899. The Hall–Kier alpha value is -0.900. The van der Waals surface area contributed by atoms with Crippen LogP contribution < -0.4 is 5.73 Å².